The van der Waals surface area contributed by atoms with Crippen LogP contribution in [0.2, 0.25) is 0 Å². The first-order chi connectivity index (χ1) is 28.6. The standard InChI is InChI=1S/C56H38N2/c1-38-55-36-46(25-30-53(55)54-31-29-52(37-56(38)54)58(48-18-6-3-7-19-48)50-27-23-40-13-9-11-15-42(40)34-50)43-20-21-45-35-51(28-24-44(45)32-43)57(47-16-4-2-5-17-47)49-26-22-39-12-8-10-14-41(39)33-49/h2-37H,1H2. The number of benzene rings is 10. The van der Waals surface area contributed by atoms with Crippen molar-refractivity contribution < 1.29 is 0 Å². The average molecular weight is 739 g/mol. The van der Waals surface area contributed by atoms with E-state index < -0.39 is 0 Å². The summed E-state index contributed by atoms with van der Waals surface area (Å²) in [4.78, 5) is 4.69. The molecule has 0 radical (unpaired) electrons. The van der Waals surface area contributed by atoms with Crippen molar-refractivity contribution in [3.05, 3.63) is 236 Å². The maximum atomic E-state index is 4.68. The van der Waals surface area contributed by atoms with Crippen LogP contribution in [0.3, 0.4) is 0 Å². The Kier molecular flexibility index (Phi) is 8.01. The molecule has 0 N–H and O–H groups in total. The lowest BCUT2D eigenvalue weighted by Crippen LogP contribution is -2.10. The van der Waals surface area contributed by atoms with Gasteiger partial charge in [-0.05, 0) is 156 Å². The van der Waals surface area contributed by atoms with E-state index in [1.54, 1.807) is 0 Å². The van der Waals surface area contributed by atoms with E-state index in [0.29, 0.717) is 0 Å². The van der Waals surface area contributed by atoms with Gasteiger partial charge in [0.05, 0.1) is 0 Å². The van der Waals surface area contributed by atoms with Crippen molar-refractivity contribution >= 4 is 72.0 Å². The number of hydrogen-bond acceptors (Lipinski definition) is 2. The number of hydrogen-bond donors (Lipinski definition) is 0. The molecule has 0 aliphatic heterocycles. The molecule has 2 heteroatoms. The summed E-state index contributed by atoms with van der Waals surface area (Å²) in [6.07, 6.45) is 0. The molecular weight excluding hydrogens is 701 g/mol. The molecule has 0 aromatic heterocycles. The fourth-order valence-electron chi connectivity index (χ4n) is 8.74. The number of para-hydroxylation sites is 2. The summed E-state index contributed by atoms with van der Waals surface area (Å²) in [7, 11) is 0. The number of anilines is 6. The van der Waals surface area contributed by atoms with Crippen molar-refractivity contribution in [3.8, 4) is 22.3 Å². The number of rotatable bonds is 7. The summed E-state index contributed by atoms with van der Waals surface area (Å²) in [6.45, 7) is 4.68. The Morgan fingerprint density at radius 1 is 0.241 bits per heavy atom. The molecule has 10 aromatic carbocycles. The molecule has 0 saturated heterocycles. The molecule has 2 nitrogen and oxygen atoms in total. The van der Waals surface area contributed by atoms with Gasteiger partial charge in [-0.1, -0.05) is 140 Å². The van der Waals surface area contributed by atoms with Crippen molar-refractivity contribution in [2.45, 2.75) is 0 Å². The molecule has 0 heterocycles. The minimum absolute atomic E-state index is 1.06. The third-order valence-corrected chi connectivity index (χ3v) is 11.6. The third-order valence-electron chi connectivity index (χ3n) is 11.6. The predicted molar refractivity (Wildman–Crippen MR) is 247 cm³/mol. The second-order valence-electron chi connectivity index (χ2n) is 15.1. The van der Waals surface area contributed by atoms with Gasteiger partial charge >= 0.3 is 0 Å². The molecular formula is C56H38N2. The lowest BCUT2D eigenvalue weighted by molar-refractivity contribution is 1.29. The molecule has 11 rings (SSSR count). The zero-order valence-corrected chi connectivity index (χ0v) is 31.9. The molecule has 0 atom stereocenters. The summed E-state index contributed by atoms with van der Waals surface area (Å²) >= 11 is 0. The molecule has 0 bridgehead atoms. The summed E-state index contributed by atoms with van der Waals surface area (Å²) in [5.41, 5.74) is 15.0. The van der Waals surface area contributed by atoms with E-state index in [9.17, 15) is 0 Å². The van der Waals surface area contributed by atoms with E-state index in [4.69, 9.17) is 0 Å². The zero-order valence-electron chi connectivity index (χ0n) is 31.9. The Balaban J connectivity index is 0.925. The topological polar surface area (TPSA) is 6.48 Å². The minimum atomic E-state index is 1.06. The van der Waals surface area contributed by atoms with Crippen LogP contribution in [0.25, 0.3) is 60.1 Å². The number of fused-ring (bicyclic) bond motifs is 6. The Labute approximate surface area is 338 Å². The van der Waals surface area contributed by atoms with Gasteiger partial charge in [-0.3, -0.25) is 0 Å². The van der Waals surface area contributed by atoms with Crippen LogP contribution in [0, 0.1) is 0 Å². The van der Waals surface area contributed by atoms with Crippen LogP contribution in [0.5, 0.6) is 0 Å². The molecule has 0 spiro atoms. The molecule has 0 saturated carbocycles. The van der Waals surface area contributed by atoms with Crippen LogP contribution in [0.4, 0.5) is 34.1 Å². The Hall–Kier alpha value is -7.68. The van der Waals surface area contributed by atoms with Gasteiger partial charge in [-0.2, -0.15) is 0 Å². The van der Waals surface area contributed by atoms with Gasteiger partial charge in [-0.25, -0.2) is 0 Å². The van der Waals surface area contributed by atoms with E-state index in [1.165, 1.54) is 65.7 Å². The monoisotopic (exact) mass is 738 g/mol. The van der Waals surface area contributed by atoms with E-state index in [2.05, 4.69) is 235 Å². The first kappa shape index (κ1) is 33.6. The maximum Gasteiger partial charge on any atom is 0.0468 e. The van der Waals surface area contributed by atoms with Gasteiger partial charge in [0, 0.05) is 34.1 Å². The van der Waals surface area contributed by atoms with E-state index >= 15 is 0 Å². The summed E-state index contributed by atoms with van der Waals surface area (Å²) in [5, 5.41) is 7.31. The van der Waals surface area contributed by atoms with Crippen molar-refractivity contribution in [2.24, 2.45) is 0 Å². The maximum absolute atomic E-state index is 4.68. The highest BCUT2D eigenvalue weighted by Crippen LogP contribution is 2.48. The van der Waals surface area contributed by atoms with Crippen LogP contribution in [0.1, 0.15) is 11.1 Å². The molecule has 0 unspecified atom stereocenters. The lowest BCUT2D eigenvalue weighted by Gasteiger charge is -2.26. The van der Waals surface area contributed by atoms with Crippen molar-refractivity contribution in [1.29, 1.82) is 0 Å². The highest BCUT2D eigenvalue weighted by Gasteiger charge is 2.25. The molecule has 272 valence electrons. The molecule has 1 aliphatic rings. The highest BCUT2D eigenvalue weighted by molar-refractivity contribution is 6.03. The quantitative estimate of drug-likeness (QED) is 0.161. The molecule has 0 fully saturated rings. The molecule has 10 aromatic rings. The van der Waals surface area contributed by atoms with Gasteiger partial charge < -0.3 is 9.80 Å². The Morgan fingerprint density at radius 2 is 0.603 bits per heavy atom. The van der Waals surface area contributed by atoms with Crippen LogP contribution < -0.4 is 9.80 Å². The van der Waals surface area contributed by atoms with Crippen LogP contribution >= 0.6 is 0 Å². The first-order valence-electron chi connectivity index (χ1n) is 19.8. The van der Waals surface area contributed by atoms with Gasteiger partial charge in [0.15, 0.2) is 0 Å². The predicted octanol–water partition coefficient (Wildman–Crippen LogP) is 15.8. The van der Waals surface area contributed by atoms with Gasteiger partial charge in [-0.15, -0.1) is 0 Å². The third kappa shape index (κ3) is 5.82. The lowest BCUT2D eigenvalue weighted by atomic mass is 9.96. The largest absolute Gasteiger partial charge is 0.310 e. The van der Waals surface area contributed by atoms with Crippen molar-refractivity contribution in [1.82, 2.24) is 0 Å². The second-order valence-corrected chi connectivity index (χ2v) is 15.1. The van der Waals surface area contributed by atoms with E-state index in [0.717, 1.165) is 39.7 Å². The number of nitrogens with zero attached hydrogens (tertiary/aromatic N) is 2. The smallest absolute Gasteiger partial charge is 0.0468 e. The van der Waals surface area contributed by atoms with Crippen molar-refractivity contribution in [2.75, 3.05) is 9.80 Å². The van der Waals surface area contributed by atoms with E-state index in [1.807, 2.05) is 0 Å². The molecule has 1 aliphatic carbocycles. The van der Waals surface area contributed by atoms with Crippen LogP contribution in [-0.4, -0.2) is 0 Å². The minimum Gasteiger partial charge on any atom is -0.310 e. The second kappa shape index (κ2) is 13.8. The first-order valence-corrected chi connectivity index (χ1v) is 19.8. The molecule has 58 heavy (non-hydrogen) atoms. The SMILES string of the molecule is C=C1c2cc(-c3ccc4cc(N(c5ccccc5)c5ccc6ccccc6c5)ccc4c3)ccc2-c2ccc(N(c3ccccc3)c3ccc4ccccc4c3)cc21. The van der Waals surface area contributed by atoms with Gasteiger partial charge in [0.25, 0.3) is 0 Å². The highest BCUT2D eigenvalue weighted by atomic mass is 15.1. The zero-order chi connectivity index (χ0) is 38.6. The van der Waals surface area contributed by atoms with Crippen molar-refractivity contribution in [3.63, 3.8) is 0 Å². The van der Waals surface area contributed by atoms with Crippen LogP contribution in [-0.2, 0) is 0 Å². The Morgan fingerprint density at radius 3 is 1.17 bits per heavy atom. The average Bonchev–Trinajstić information content (AvgIpc) is 3.56. The summed E-state index contributed by atoms with van der Waals surface area (Å²) in [5.74, 6) is 0. The summed E-state index contributed by atoms with van der Waals surface area (Å²) < 4.78 is 0. The molecule has 0 amide bonds. The fourth-order valence-corrected chi connectivity index (χ4v) is 8.74. The van der Waals surface area contributed by atoms with Gasteiger partial charge in [0.2, 0.25) is 0 Å². The van der Waals surface area contributed by atoms with Crippen LogP contribution in [0.15, 0.2) is 225 Å². The van der Waals surface area contributed by atoms with Gasteiger partial charge in [0.1, 0.15) is 0 Å². The Bertz CT molecular complexity index is 3200. The summed E-state index contributed by atoms with van der Waals surface area (Å²) in [6, 6.07) is 79.0. The normalized spacial score (nSPS) is 11.8. The fraction of sp³-hybridized carbons (Fsp3) is 0. The van der Waals surface area contributed by atoms with E-state index in [-0.39, 0.29) is 0 Å².